The number of amides is 1. The molecule has 2 saturated carbocycles. The van der Waals surface area contributed by atoms with Crippen molar-refractivity contribution in [2.75, 3.05) is 6.54 Å². The van der Waals surface area contributed by atoms with Crippen LogP contribution in [0.3, 0.4) is 0 Å². The molecule has 1 N–H and O–H groups in total. The third-order valence-electron chi connectivity index (χ3n) is 12.9. The van der Waals surface area contributed by atoms with Crippen molar-refractivity contribution in [2.24, 2.45) is 0 Å². The van der Waals surface area contributed by atoms with Crippen LogP contribution in [0.25, 0.3) is 90.9 Å². The monoisotopic (exact) mass is 1050 g/mol. The topological polar surface area (TPSA) is 83.1 Å². The van der Waals surface area contributed by atoms with E-state index in [2.05, 4.69) is 182 Å². The molecule has 0 unspecified atom stereocenters. The maximum Gasteiger partial charge on any atom is 2.00 e. The van der Waals surface area contributed by atoms with E-state index in [1.807, 2.05) is 51.2 Å². The number of carbonyl (C=O) groups excluding carboxylic acids is 1. The average Bonchev–Trinajstić information content (AvgIpc) is 4.20. The Morgan fingerprint density at radius 1 is 0.472 bits per heavy atom. The van der Waals surface area contributed by atoms with E-state index in [0.717, 1.165) is 122 Å². The zero-order valence-electron chi connectivity index (χ0n) is 41.6. The van der Waals surface area contributed by atoms with Crippen LogP contribution < -0.4 is 15.3 Å². The van der Waals surface area contributed by atoms with Crippen molar-refractivity contribution in [2.45, 2.75) is 53.4 Å². The minimum Gasteiger partial charge on any atom is -0.657 e. The molecule has 0 saturated heterocycles. The van der Waals surface area contributed by atoms with Gasteiger partial charge in [-0.2, -0.15) is 0 Å². The van der Waals surface area contributed by atoms with Crippen molar-refractivity contribution in [3.05, 3.63) is 222 Å². The third kappa shape index (κ3) is 11.0. The third-order valence-corrected chi connectivity index (χ3v) is 13.7. The van der Waals surface area contributed by atoms with Crippen LogP contribution in [0.15, 0.2) is 102 Å². The van der Waals surface area contributed by atoms with Crippen molar-refractivity contribution in [3.63, 3.8) is 0 Å². The Morgan fingerprint density at radius 3 is 1.21 bits per heavy atom. The average molecular weight is 1050 g/mol. The second-order valence-corrected chi connectivity index (χ2v) is 19.1. The molecule has 8 bridgehead atoms. The molecule has 2 fully saturated rings. The van der Waals surface area contributed by atoms with Crippen molar-refractivity contribution in [1.82, 2.24) is 25.3 Å². The fourth-order valence-electron chi connectivity index (χ4n) is 10.0. The molecular formula is C63H53FeN5OSZn+2. The molecule has 9 heteroatoms. The second-order valence-electron chi connectivity index (χ2n) is 18.1. The van der Waals surface area contributed by atoms with E-state index in [1.165, 1.54) is 28.8 Å². The van der Waals surface area contributed by atoms with Crippen molar-refractivity contribution < 1.29 is 41.3 Å². The van der Waals surface area contributed by atoms with Crippen molar-refractivity contribution >= 4 is 63.4 Å². The summed E-state index contributed by atoms with van der Waals surface area (Å²) >= 11 is 1.19. The van der Waals surface area contributed by atoms with Gasteiger partial charge < -0.3 is 15.3 Å². The summed E-state index contributed by atoms with van der Waals surface area (Å²) in [7, 11) is 0. The molecule has 0 atom stereocenters. The fourth-order valence-corrected chi connectivity index (χ4v) is 10.7. The minimum absolute atomic E-state index is 0. The Balaban J connectivity index is 0.000000934. The molecule has 6 nitrogen and oxygen atoms in total. The predicted molar refractivity (Wildman–Crippen MR) is 293 cm³/mol. The summed E-state index contributed by atoms with van der Waals surface area (Å²) < 4.78 is 0. The summed E-state index contributed by atoms with van der Waals surface area (Å²) in [5.41, 5.74) is 22.8. The Bertz CT molecular complexity index is 3260. The van der Waals surface area contributed by atoms with Gasteiger partial charge in [-0.3, -0.25) is 4.79 Å². The number of aromatic nitrogens is 4. The van der Waals surface area contributed by atoms with E-state index in [9.17, 15) is 4.79 Å². The zero-order valence-corrected chi connectivity index (χ0v) is 46.5. The van der Waals surface area contributed by atoms with Gasteiger partial charge in [-0.15, -0.1) is 22.1 Å². The molecule has 7 aromatic rings. The number of hydrogen-bond donors (Lipinski definition) is 1. The van der Waals surface area contributed by atoms with E-state index in [-0.39, 0.29) is 41.8 Å². The predicted octanol–water partition coefficient (Wildman–Crippen LogP) is 15.0. The zero-order chi connectivity index (χ0) is 48.5. The molecule has 2 aliphatic heterocycles. The van der Waals surface area contributed by atoms with Gasteiger partial charge >= 0.3 is 36.5 Å². The van der Waals surface area contributed by atoms with Crippen molar-refractivity contribution in [3.8, 4) is 44.5 Å². The van der Waals surface area contributed by atoms with Crippen LogP contribution in [0.2, 0.25) is 0 Å². The molecule has 72 heavy (non-hydrogen) atoms. The number of nitrogens with one attached hydrogen (secondary N) is 1. The molecule has 4 aliphatic rings. The molecule has 3 aromatic heterocycles. The minimum atomic E-state index is -0.0817. The van der Waals surface area contributed by atoms with Gasteiger partial charge in [0.25, 0.3) is 5.24 Å². The van der Waals surface area contributed by atoms with Gasteiger partial charge in [0, 0.05) is 17.4 Å². The molecule has 11 rings (SSSR count). The van der Waals surface area contributed by atoms with Crippen LogP contribution in [0, 0.1) is 105 Å². The number of hydrogen-bond acceptors (Lipinski definition) is 4. The van der Waals surface area contributed by atoms with Crippen LogP contribution in [-0.4, -0.2) is 21.8 Å². The van der Waals surface area contributed by atoms with Crippen LogP contribution >= 0.6 is 11.8 Å². The van der Waals surface area contributed by atoms with Crippen LogP contribution in [0.4, 0.5) is 4.79 Å². The largest absolute Gasteiger partial charge is 2.00 e. The standard InChI is InChI=1S/C58H49N5OS.C5H5.Fe.Zn/c1-8-59-58(64)65-43-19-17-42(18-20-43)55-46-23-27-50(62-46)56(52-35(4)29-33(2)30-36(52)5)48-25-21-44(60-48)54(41-15-13-40(14-16-41)39-11-9-10-12-39)45-22-26-49(61-45)57(51-28-24-47(55)63-51)53-37(6)31-34(3)32-38(53)7;1-2-4-5-3-1;;/h9-32H,8H2,1-7H3,(H2-,59,60,61,62,63,64);1-5H;;/q-1;;2*+2/p-1. The first-order valence-corrected chi connectivity index (χ1v) is 24.6. The Labute approximate surface area is 453 Å². The maximum atomic E-state index is 12.5. The molecule has 2 aliphatic carbocycles. The molecule has 10 radical (unpaired) electrons. The van der Waals surface area contributed by atoms with E-state index in [0.29, 0.717) is 6.54 Å². The number of fused-ring (bicyclic) bond motifs is 8. The van der Waals surface area contributed by atoms with Gasteiger partial charge in [-0.25, -0.2) is 9.97 Å². The molecule has 350 valence electrons. The quantitative estimate of drug-likeness (QED) is 0.126. The number of aryl methyl sites for hydroxylation is 6. The van der Waals surface area contributed by atoms with Crippen LogP contribution in [-0.2, 0) is 36.5 Å². The van der Waals surface area contributed by atoms with Crippen molar-refractivity contribution in [1.29, 1.82) is 0 Å². The molecule has 1 amide bonds. The Kier molecular flexibility index (Phi) is 16.9. The summed E-state index contributed by atoms with van der Waals surface area (Å²) in [5.74, 6) is 1.18. The molecule has 4 aromatic carbocycles. The SMILES string of the molecule is CCNC(=O)Sc1ccc(-c2c3nc(c(-c4c(C)cc(C)cc4C)c4ccc([n-]4)c(-c4ccc([C]5[CH][CH][CH][CH]5)cc4)c4nc(c(-c5c(C)cc(C)cc5C)c5ccc2[n-]5)C=C4)C=C3)cc1.[CH]1[CH][CH][CH][CH]1.[Fe+2].[Zn+2]. The normalized spacial score (nSPS) is 13.9. The number of benzene rings is 4. The smallest absolute Gasteiger partial charge is 0.657 e. The first-order valence-electron chi connectivity index (χ1n) is 23.8. The second kappa shape index (κ2) is 23.1. The van der Waals surface area contributed by atoms with Crippen LogP contribution in [0.1, 0.15) is 68.6 Å². The van der Waals surface area contributed by atoms with E-state index in [1.54, 1.807) is 0 Å². The number of nitrogens with zero attached hydrogens (tertiary/aromatic N) is 4. The number of rotatable bonds is 7. The Morgan fingerprint density at radius 2 is 0.819 bits per heavy atom. The summed E-state index contributed by atoms with van der Waals surface area (Å²) in [6.45, 7) is 15.5. The maximum absolute atomic E-state index is 12.5. The van der Waals surface area contributed by atoms with Gasteiger partial charge in [-0.05, 0) is 227 Å². The number of thioether (sulfide) groups is 1. The molecular weight excluding hydrogens is 996 g/mol. The first kappa shape index (κ1) is 52.8. The van der Waals surface area contributed by atoms with Gasteiger partial charge in [-0.1, -0.05) is 96.1 Å². The van der Waals surface area contributed by atoms with Gasteiger partial charge in [0.2, 0.25) is 0 Å². The molecule has 0 spiro atoms. The van der Waals surface area contributed by atoms with Crippen LogP contribution in [0.5, 0.6) is 0 Å². The fraction of sp³-hybridized carbons (Fsp3) is 0.127. The molecule has 5 heterocycles. The van der Waals surface area contributed by atoms with Gasteiger partial charge in [0.1, 0.15) is 0 Å². The van der Waals surface area contributed by atoms with E-state index < -0.39 is 0 Å². The summed E-state index contributed by atoms with van der Waals surface area (Å²) in [6, 6.07) is 34.3. The van der Waals surface area contributed by atoms with Gasteiger partial charge in [0.05, 0.1) is 22.8 Å². The first-order chi connectivity index (χ1) is 34.0. The summed E-state index contributed by atoms with van der Waals surface area (Å²) in [4.78, 5) is 35.5. The number of carbonyl (C=O) groups is 1. The van der Waals surface area contributed by atoms with E-state index >= 15 is 0 Å². The summed E-state index contributed by atoms with van der Waals surface area (Å²) in [6.07, 6.45) is 26.9. The van der Waals surface area contributed by atoms with Gasteiger partial charge in [0.15, 0.2) is 0 Å². The summed E-state index contributed by atoms with van der Waals surface area (Å²) in [5, 5.41) is 2.81. The Hall–Kier alpha value is -5.56. The van der Waals surface area contributed by atoms with E-state index in [4.69, 9.17) is 19.9 Å².